The van der Waals surface area contributed by atoms with E-state index in [4.69, 9.17) is 66.3 Å². The van der Waals surface area contributed by atoms with Gasteiger partial charge in [0.15, 0.2) is 17.2 Å². The van der Waals surface area contributed by atoms with Crippen LogP contribution in [0.15, 0.2) is 116 Å². The molecule has 0 unspecified atom stereocenters. The van der Waals surface area contributed by atoms with Crippen LogP contribution in [0.5, 0.6) is 0 Å². The van der Waals surface area contributed by atoms with E-state index in [2.05, 4.69) is 51.3 Å². The first-order valence-electron chi connectivity index (χ1n) is 17.2. The van der Waals surface area contributed by atoms with E-state index >= 15 is 0 Å². The van der Waals surface area contributed by atoms with E-state index in [1.807, 2.05) is 31.2 Å². The number of allylic oxidation sites excluding steroid dienone is 3. The summed E-state index contributed by atoms with van der Waals surface area (Å²) in [6.07, 6.45) is 10.9. The molecule has 1 aliphatic heterocycles. The van der Waals surface area contributed by atoms with Crippen LogP contribution in [0.25, 0.3) is 33.4 Å². The predicted molar refractivity (Wildman–Crippen MR) is 226 cm³/mol. The summed E-state index contributed by atoms with van der Waals surface area (Å²) >= 11 is 25.3. The molecule has 0 radical (unpaired) electrons. The monoisotopic (exact) mass is 848 g/mol. The Kier molecular flexibility index (Phi) is 12.5. The number of halogens is 4. The minimum atomic E-state index is -4.27. The van der Waals surface area contributed by atoms with Gasteiger partial charge in [0.2, 0.25) is 5.82 Å². The molecule has 3 aromatic heterocycles. The van der Waals surface area contributed by atoms with Gasteiger partial charge in [-0.3, -0.25) is 0 Å². The highest BCUT2D eigenvalue weighted by Gasteiger charge is 2.34. The molecule has 56 heavy (non-hydrogen) atoms. The molecule has 4 heterocycles. The maximum absolute atomic E-state index is 10.4. The molecule has 7 rings (SSSR count). The van der Waals surface area contributed by atoms with Crippen LogP contribution < -0.4 is 14.4 Å². The number of rotatable bonds is 12. The van der Waals surface area contributed by atoms with E-state index in [1.54, 1.807) is 36.4 Å². The zero-order chi connectivity index (χ0) is 40.3. The third kappa shape index (κ3) is 8.31. The zero-order valence-electron chi connectivity index (χ0n) is 30.3. The summed E-state index contributed by atoms with van der Waals surface area (Å²) in [6, 6.07) is 12.7. The third-order valence-electron chi connectivity index (χ3n) is 8.79. The van der Waals surface area contributed by atoms with Crippen LogP contribution in [0.4, 0.5) is 11.6 Å². The van der Waals surface area contributed by atoms with E-state index in [1.165, 1.54) is 12.1 Å². The predicted octanol–water partition coefficient (Wildman–Crippen LogP) is 9.17. The van der Waals surface area contributed by atoms with Crippen molar-refractivity contribution in [3.8, 4) is 0 Å². The van der Waals surface area contributed by atoms with Gasteiger partial charge in [-0.05, 0) is 49.8 Å². The number of nitrogens with zero attached hydrogens (tertiary/aromatic N) is 8. The molecule has 1 aliphatic rings. The Bertz CT molecular complexity index is 2540. The Morgan fingerprint density at radius 1 is 0.714 bits per heavy atom. The third-order valence-corrected chi connectivity index (χ3v) is 11.1. The van der Waals surface area contributed by atoms with Crippen LogP contribution in [-0.2, 0) is 29.6 Å². The van der Waals surface area contributed by atoms with Crippen LogP contribution in [0, 0.1) is 6.92 Å². The highest BCUT2D eigenvalue weighted by atomic mass is 35.5. The Morgan fingerprint density at radius 3 is 1.66 bits per heavy atom. The lowest BCUT2D eigenvalue weighted by Gasteiger charge is -2.22. The number of hydrogen-bond donors (Lipinski definition) is 0. The number of anilines is 2. The van der Waals surface area contributed by atoms with Gasteiger partial charge in [0.25, 0.3) is 5.65 Å². The average Bonchev–Trinajstić information content (AvgIpc) is 3.57. The lowest BCUT2D eigenvalue weighted by Crippen LogP contribution is -2.38. The summed E-state index contributed by atoms with van der Waals surface area (Å²) in [6.45, 7) is 20.0. The molecule has 11 nitrogen and oxygen atoms in total. The standard InChI is InChI=1S/C33H29Cl4N8.C7H8O3S/c1-5-12-42-28(43(13-6-2)31-30(42)38-24-16-20(34)21(35)17-25(24)39-31)10-9-11-29-44(14-7-3)32-33(45(29)15-8-4)41-27-19-23(37)22(36)18-26(27)40-32;1-6-2-4-7(5-3-6)11(8,9)10/h5-8,10,16-19H,1-4,9,11-15H2;2-5H,1H3,(H,8,9,10)/q+1;/p-1. The van der Waals surface area contributed by atoms with Crippen LogP contribution in [0.1, 0.15) is 17.8 Å². The highest BCUT2D eigenvalue weighted by molar-refractivity contribution is 7.85. The van der Waals surface area contributed by atoms with Crippen molar-refractivity contribution >= 4 is 102 Å². The molecule has 0 bridgehead atoms. The minimum Gasteiger partial charge on any atom is -0.744 e. The quantitative estimate of drug-likeness (QED) is 0.0674. The lowest BCUT2D eigenvalue weighted by molar-refractivity contribution is -0.671. The van der Waals surface area contributed by atoms with E-state index < -0.39 is 10.1 Å². The second kappa shape index (κ2) is 17.1. The first kappa shape index (κ1) is 40.8. The molecule has 0 saturated heterocycles. The molecule has 288 valence electrons. The number of aryl methyl sites for hydroxylation is 1. The van der Waals surface area contributed by atoms with Crippen molar-refractivity contribution in [2.24, 2.45) is 0 Å². The SMILES string of the molecule is C=CCN1C(=CCCc2n(CC=C)c3nc4cc(Cl)c(Cl)cc4nc3[n+]2CC=C)N(CC=C)c2nc3cc(Cl)c(Cl)cc3nc21.Cc1ccc(S(=O)(=O)[O-])cc1. The largest absolute Gasteiger partial charge is 0.744 e. The van der Waals surface area contributed by atoms with Crippen LogP contribution in [-0.4, -0.2) is 50.6 Å². The van der Waals surface area contributed by atoms with Gasteiger partial charge in [0.05, 0.1) is 49.1 Å². The second-order valence-electron chi connectivity index (χ2n) is 12.6. The Hall–Kier alpha value is -4.82. The van der Waals surface area contributed by atoms with Crippen molar-refractivity contribution in [2.45, 2.75) is 37.8 Å². The van der Waals surface area contributed by atoms with Crippen molar-refractivity contribution in [1.82, 2.24) is 24.5 Å². The number of aromatic nitrogens is 6. The zero-order valence-corrected chi connectivity index (χ0v) is 34.1. The topological polar surface area (TPSA) is 124 Å². The van der Waals surface area contributed by atoms with Crippen molar-refractivity contribution in [3.63, 3.8) is 0 Å². The van der Waals surface area contributed by atoms with Crippen molar-refractivity contribution in [2.75, 3.05) is 22.9 Å². The van der Waals surface area contributed by atoms with Gasteiger partial charge in [-0.1, -0.05) is 107 Å². The van der Waals surface area contributed by atoms with Crippen LogP contribution in [0.3, 0.4) is 0 Å². The van der Waals surface area contributed by atoms with Gasteiger partial charge in [-0.2, -0.15) is 0 Å². The van der Waals surface area contributed by atoms with Crippen molar-refractivity contribution in [1.29, 1.82) is 0 Å². The fraction of sp³-hybridized carbons (Fsp3) is 0.175. The van der Waals surface area contributed by atoms with E-state index in [0.717, 1.165) is 28.5 Å². The van der Waals surface area contributed by atoms with E-state index in [-0.39, 0.29) is 4.90 Å². The average molecular weight is 851 g/mol. The molecular formula is C40H36Cl4N8O3S. The Balaban J connectivity index is 0.000000417. The fourth-order valence-electron chi connectivity index (χ4n) is 6.33. The molecular weight excluding hydrogens is 814 g/mol. The summed E-state index contributed by atoms with van der Waals surface area (Å²) in [5.41, 5.74) is 5.04. The maximum Gasteiger partial charge on any atom is 0.323 e. The molecule has 0 atom stereocenters. The summed E-state index contributed by atoms with van der Waals surface area (Å²) in [5.74, 6) is 3.40. The fourth-order valence-corrected chi connectivity index (χ4v) is 7.43. The molecule has 0 N–H and O–H groups in total. The van der Waals surface area contributed by atoms with Crippen LogP contribution in [0.2, 0.25) is 20.1 Å². The summed E-state index contributed by atoms with van der Waals surface area (Å²) in [5, 5.41) is 1.71. The smallest absolute Gasteiger partial charge is 0.323 e. The summed E-state index contributed by atoms with van der Waals surface area (Å²) < 4.78 is 35.4. The normalized spacial score (nSPS) is 12.5. The number of fused-ring (bicyclic) bond motifs is 4. The van der Waals surface area contributed by atoms with Gasteiger partial charge >= 0.3 is 5.65 Å². The minimum absolute atomic E-state index is 0.178. The molecule has 0 saturated carbocycles. The second-order valence-corrected chi connectivity index (χ2v) is 15.6. The van der Waals surface area contributed by atoms with Gasteiger partial charge < -0.3 is 14.4 Å². The Labute approximate surface area is 344 Å². The Morgan fingerprint density at radius 2 is 1.20 bits per heavy atom. The van der Waals surface area contributed by atoms with Gasteiger partial charge in [-0.15, -0.1) is 13.2 Å². The van der Waals surface area contributed by atoms with Gasteiger partial charge in [0, 0.05) is 25.6 Å². The van der Waals surface area contributed by atoms with Crippen molar-refractivity contribution in [3.05, 3.63) is 143 Å². The summed E-state index contributed by atoms with van der Waals surface area (Å²) in [4.78, 5) is 23.8. The van der Waals surface area contributed by atoms with E-state index in [9.17, 15) is 13.0 Å². The molecule has 0 amide bonds. The summed E-state index contributed by atoms with van der Waals surface area (Å²) in [7, 11) is -4.27. The lowest BCUT2D eigenvalue weighted by atomic mass is 10.2. The molecule has 0 fully saturated rings. The molecule has 3 aromatic carbocycles. The van der Waals surface area contributed by atoms with E-state index in [0.29, 0.717) is 92.8 Å². The molecule has 16 heteroatoms. The van der Waals surface area contributed by atoms with Crippen molar-refractivity contribution < 1.29 is 17.5 Å². The first-order chi connectivity index (χ1) is 26.8. The van der Waals surface area contributed by atoms with Gasteiger partial charge in [0.1, 0.15) is 21.5 Å². The number of benzene rings is 3. The number of imidazole rings is 1. The van der Waals surface area contributed by atoms with Crippen LogP contribution >= 0.6 is 46.4 Å². The number of hydrogen-bond acceptors (Lipinski definition) is 9. The highest BCUT2D eigenvalue weighted by Crippen LogP contribution is 2.41. The first-order valence-corrected chi connectivity index (χ1v) is 20.2. The molecule has 0 spiro atoms. The molecule has 6 aromatic rings. The maximum atomic E-state index is 10.4. The molecule has 0 aliphatic carbocycles. The van der Waals surface area contributed by atoms with Gasteiger partial charge in [-0.25, -0.2) is 32.5 Å².